The molecule has 1 rings (SSSR count). The summed E-state index contributed by atoms with van der Waals surface area (Å²) in [5.41, 5.74) is 0.547. The molecule has 0 radical (unpaired) electrons. The fourth-order valence-corrected chi connectivity index (χ4v) is 3.59. The van der Waals surface area contributed by atoms with Gasteiger partial charge in [0.25, 0.3) is 0 Å². The minimum Gasteiger partial charge on any atom is -0.465 e. The fraction of sp³-hybridized carbons (Fsp3) is 0.647. The van der Waals surface area contributed by atoms with E-state index >= 15 is 0 Å². The molecule has 0 aromatic carbocycles. The minimum atomic E-state index is -0.337. The predicted octanol–water partition coefficient (Wildman–Crippen LogP) is 4.60. The van der Waals surface area contributed by atoms with Crippen molar-refractivity contribution in [1.29, 1.82) is 0 Å². The van der Waals surface area contributed by atoms with Crippen LogP contribution >= 0.6 is 23.6 Å². The Hall–Kier alpha value is -1.14. The molecule has 2 N–H and O–H groups in total. The van der Waals surface area contributed by atoms with E-state index in [0.717, 1.165) is 28.6 Å². The van der Waals surface area contributed by atoms with Crippen LogP contribution in [0.4, 0.5) is 5.00 Å². The Morgan fingerprint density at radius 2 is 2.04 bits per heavy atom. The second kappa shape index (κ2) is 9.88. The highest BCUT2D eigenvalue weighted by Gasteiger charge is 2.17. The van der Waals surface area contributed by atoms with Gasteiger partial charge < -0.3 is 15.4 Å². The monoisotopic (exact) mass is 356 g/mol. The summed E-state index contributed by atoms with van der Waals surface area (Å²) in [4.78, 5) is 13.0. The molecule has 130 valence electrons. The number of hydrogen-bond donors (Lipinski definition) is 2. The molecule has 0 saturated carbocycles. The number of thiocarbonyl (C=S) groups is 1. The Kier molecular flexibility index (Phi) is 8.55. The molecule has 1 aromatic rings. The van der Waals surface area contributed by atoms with E-state index in [0.29, 0.717) is 16.7 Å². The van der Waals surface area contributed by atoms with Gasteiger partial charge in [0.1, 0.15) is 5.00 Å². The van der Waals surface area contributed by atoms with Crippen LogP contribution in [0.2, 0.25) is 0 Å². The number of methoxy groups -OCH3 is 1. The van der Waals surface area contributed by atoms with E-state index in [-0.39, 0.29) is 5.97 Å². The summed E-state index contributed by atoms with van der Waals surface area (Å²) in [6, 6.07) is 2.17. The Morgan fingerprint density at radius 3 is 2.61 bits per heavy atom. The van der Waals surface area contributed by atoms with Crippen molar-refractivity contribution in [2.75, 3.05) is 12.4 Å². The molecule has 0 aliphatic heterocycles. The number of carbonyl (C=O) groups excluding carboxylic acids is 1. The van der Waals surface area contributed by atoms with Gasteiger partial charge >= 0.3 is 5.97 Å². The molecule has 0 fully saturated rings. The van der Waals surface area contributed by atoms with Gasteiger partial charge in [-0.3, -0.25) is 0 Å². The summed E-state index contributed by atoms with van der Waals surface area (Å²) in [5.74, 6) is 0.393. The molecule has 1 atom stereocenters. The van der Waals surface area contributed by atoms with Gasteiger partial charge in [-0.05, 0) is 44.0 Å². The zero-order valence-corrected chi connectivity index (χ0v) is 16.3. The standard InChI is InChI=1S/C17H28N2O2S2/c1-6-13-10-14(16(20)21-5)15(23-13)19-17(22)18-12(4)9-7-8-11(2)3/h10-12H,6-9H2,1-5H3,(H2,18,19,22). The minimum absolute atomic E-state index is 0.306. The van der Waals surface area contributed by atoms with Gasteiger partial charge in [0.2, 0.25) is 0 Å². The fourth-order valence-electron chi connectivity index (χ4n) is 2.24. The summed E-state index contributed by atoms with van der Waals surface area (Å²) >= 11 is 6.92. The van der Waals surface area contributed by atoms with Crippen molar-refractivity contribution in [1.82, 2.24) is 5.32 Å². The highest BCUT2D eigenvalue weighted by Crippen LogP contribution is 2.29. The lowest BCUT2D eigenvalue weighted by atomic mass is 10.0. The second-order valence-corrected chi connectivity index (χ2v) is 7.67. The smallest absolute Gasteiger partial charge is 0.340 e. The van der Waals surface area contributed by atoms with E-state index in [1.807, 2.05) is 6.07 Å². The lowest BCUT2D eigenvalue weighted by Crippen LogP contribution is -2.36. The molecule has 4 nitrogen and oxygen atoms in total. The molecule has 0 saturated heterocycles. The van der Waals surface area contributed by atoms with Crippen molar-refractivity contribution in [2.45, 2.75) is 59.4 Å². The maximum atomic E-state index is 11.9. The Balaban J connectivity index is 2.59. The molecule has 0 bridgehead atoms. The van der Waals surface area contributed by atoms with E-state index in [2.05, 4.69) is 38.3 Å². The molecule has 0 aliphatic rings. The zero-order valence-electron chi connectivity index (χ0n) is 14.7. The van der Waals surface area contributed by atoms with Gasteiger partial charge in [-0.2, -0.15) is 0 Å². The third-order valence-corrected chi connectivity index (χ3v) is 4.97. The van der Waals surface area contributed by atoms with Crippen molar-refractivity contribution in [3.63, 3.8) is 0 Å². The Bertz CT molecular complexity index is 527. The average Bonchev–Trinajstić information content (AvgIpc) is 2.88. The SMILES string of the molecule is CCc1cc(C(=O)OC)c(NC(=S)NC(C)CCCC(C)C)s1. The lowest BCUT2D eigenvalue weighted by Gasteiger charge is -2.17. The van der Waals surface area contributed by atoms with Crippen LogP contribution in [0.15, 0.2) is 6.07 Å². The van der Waals surface area contributed by atoms with E-state index in [4.69, 9.17) is 17.0 Å². The van der Waals surface area contributed by atoms with Gasteiger partial charge in [0.15, 0.2) is 5.11 Å². The van der Waals surface area contributed by atoms with Gasteiger partial charge in [0.05, 0.1) is 12.7 Å². The number of rotatable bonds is 8. The van der Waals surface area contributed by atoms with Crippen LogP contribution in [-0.2, 0) is 11.2 Å². The molecule has 1 heterocycles. The van der Waals surface area contributed by atoms with Crippen molar-refractivity contribution < 1.29 is 9.53 Å². The van der Waals surface area contributed by atoms with Crippen LogP contribution in [0.25, 0.3) is 0 Å². The zero-order chi connectivity index (χ0) is 17.4. The van der Waals surface area contributed by atoms with Crippen molar-refractivity contribution in [2.24, 2.45) is 5.92 Å². The number of anilines is 1. The molecule has 1 aromatic heterocycles. The Morgan fingerprint density at radius 1 is 1.35 bits per heavy atom. The topological polar surface area (TPSA) is 50.4 Å². The molecule has 0 aliphatic carbocycles. The van der Waals surface area contributed by atoms with Gasteiger partial charge in [0, 0.05) is 10.9 Å². The molecule has 1 unspecified atom stereocenters. The molecule has 23 heavy (non-hydrogen) atoms. The van der Waals surface area contributed by atoms with Crippen LogP contribution in [0, 0.1) is 5.92 Å². The normalized spacial score (nSPS) is 12.1. The summed E-state index contributed by atoms with van der Waals surface area (Å²) < 4.78 is 4.84. The third-order valence-electron chi connectivity index (χ3n) is 3.56. The summed E-state index contributed by atoms with van der Waals surface area (Å²) in [7, 11) is 1.39. The highest BCUT2D eigenvalue weighted by molar-refractivity contribution is 7.80. The van der Waals surface area contributed by atoms with Gasteiger partial charge in [-0.25, -0.2) is 4.79 Å². The molecule has 0 amide bonds. The van der Waals surface area contributed by atoms with E-state index in [9.17, 15) is 4.79 Å². The van der Waals surface area contributed by atoms with Crippen LogP contribution < -0.4 is 10.6 Å². The largest absolute Gasteiger partial charge is 0.465 e. The maximum absolute atomic E-state index is 11.9. The van der Waals surface area contributed by atoms with Crippen LogP contribution in [0.3, 0.4) is 0 Å². The predicted molar refractivity (Wildman–Crippen MR) is 103 cm³/mol. The first kappa shape index (κ1) is 19.9. The van der Waals surface area contributed by atoms with E-state index in [1.54, 1.807) is 11.3 Å². The molecule has 6 heteroatoms. The number of thiophene rings is 1. The summed E-state index contributed by atoms with van der Waals surface area (Å²) in [6.07, 6.45) is 4.36. The van der Waals surface area contributed by atoms with Gasteiger partial charge in [-0.1, -0.05) is 33.6 Å². The third kappa shape index (κ3) is 6.87. The number of hydrogen-bond acceptors (Lipinski definition) is 4. The van der Waals surface area contributed by atoms with Crippen LogP contribution in [-0.4, -0.2) is 24.2 Å². The van der Waals surface area contributed by atoms with Crippen LogP contribution in [0.1, 0.15) is 62.2 Å². The molecule has 0 spiro atoms. The quantitative estimate of drug-likeness (QED) is 0.527. The first-order valence-electron chi connectivity index (χ1n) is 8.15. The number of carbonyl (C=O) groups is 1. The van der Waals surface area contributed by atoms with E-state index in [1.165, 1.54) is 20.0 Å². The van der Waals surface area contributed by atoms with Crippen molar-refractivity contribution in [3.8, 4) is 0 Å². The number of ether oxygens (including phenoxy) is 1. The number of nitrogens with one attached hydrogen (secondary N) is 2. The number of aryl methyl sites for hydroxylation is 1. The van der Waals surface area contributed by atoms with Crippen molar-refractivity contribution >= 4 is 39.6 Å². The first-order valence-corrected chi connectivity index (χ1v) is 9.38. The summed E-state index contributed by atoms with van der Waals surface area (Å²) in [5, 5.41) is 7.74. The van der Waals surface area contributed by atoms with Gasteiger partial charge in [-0.15, -0.1) is 11.3 Å². The van der Waals surface area contributed by atoms with Crippen molar-refractivity contribution in [3.05, 3.63) is 16.5 Å². The van der Waals surface area contributed by atoms with E-state index < -0.39 is 0 Å². The summed E-state index contributed by atoms with van der Waals surface area (Å²) in [6.45, 7) is 8.66. The first-order chi connectivity index (χ1) is 10.9. The molecular formula is C17H28N2O2S2. The Labute approximate surface area is 149 Å². The second-order valence-electron chi connectivity index (χ2n) is 6.12. The highest BCUT2D eigenvalue weighted by atomic mass is 32.1. The lowest BCUT2D eigenvalue weighted by molar-refractivity contribution is 0.0602. The molecular weight excluding hydrogens is 328 g/mol. The number of esters is 1. The maximum Gasteiger partial charge on any atom is 0.340 e. The average molecular weight is 357 g/mol. The van der Waals surface area contributed by atoms with Crippen LogP contribution in [0.5, 0.6) is 0 Å².